The van der Waals surface area contributed by atoms with Crippen LogP contribution in [0.3, 0.4) is 0 Å². The van der Waals surface area contributed by atoms with Crippen molar-refractivity contribution in [1.82, 2.24) is 0 Å². The Morgan fingerprint density at radius 3 is 2.24 bits per heavy atom. The van der Waals surface area contributed by atoms with Crippen molar-refractivity contribution < 1.29 is 19.8 Å². The van der Waals surface area contributed by atoms with E-state index in [1.54, 1.807) is 0 Å². The molecule has 0 radical (unpaired) electrons. The van der Waals surface area contributed by atoms with Gasteiger partial charge in [0.15, 0.2) is 0 Å². The van der Waals surface area contributed by atoms with Crippen LogP contribution in [0.4, 0.5) is 0 Å². The Kier molecular flexibility index (Phi) is 6.92. The fourth-order valence-electron chi connectivity index (χ4n) is 2.50. The van der Waals surface area contributed by atoms with E-state index in [1.807, 2.05) is 19.1 Å². The largest absolute Gasteiger partial charge is 0.481 e. The SMILES string of the molecule is CCCc1ccc(C(C)CC(CCC(=O)O)C(=O)O)cc1. The van der Waals surface area contributed by atoms with Crippen LogP contribution in [0.1, 0.15) is 56.6 Å². The summed E-state index contributed by atoms with van der Waals surface area (Å²) in [6.45, 7) is 4.13. The van der Waals surface area contributed by atoms with Crippen molar-refractivity contribution in [3.8, 4) is 0 Å². The van der Waals surface area contributed by atoms with Crippen molar-refractivity contribution in [3.05, 3.63) is 35.4 Å². The molecular weight excluding hydrogens is 268 g/mol. The summed E-state index contributed by atoms with van der Waals surface area (Å²) >= 11 is 0. The summed E-state index contributed by atoms with van der Waals surface area (Å²) in [5.41, 5.74) is 2.39. The maximum Gasteiger partial charge on any atom is 0.306 e. The third kappa shape index (κ3) is 5.98. The summed E-state index contributed by atoms with van der Waals surface area (Å²) in [6, 6.07) is 8.27. The van der Waals surface area contributed by atoms with Gasteiger partial charge in [-0.05, 0) is 36.3 Å². The Balaban J connectivity index is 2.65. The molecule has 1 aromatic carbocycles. The van der Waals surface area contributed by atoms with Gasteiger partial charge in [0, 0.05) is 6.42 Å². The van der Waals surface area contributed by atoms with E-state index >= 15 is 0 Å². The van der Waals surface area contributed by atoms with Gasteiger partial charge in [-0.15, -0.1) is 0 Å². The summed E-state index contributed by atoms with van der Waals surface area (Å²) in [5, 5.41) is 17.9. The normalized spacial score (nSPS) is 13.6. The first kappa shape index (κ1) is 17.2. The van der Waals surface area contributed by atoms with E-state index < -0.39 is 17.9 Å². The lowest BCUT2D eigenvalue weighted by Crippen LogP contribution is -2.17. The van der Waals surface area contributed by atoms with Crippen LogP contribution in [0.2, 0.25) is 0 Å². The van der Waals surface area contributed by atoms with Crippen molar-refractivity contribution in [2.24, 2.45) is 5.92 Å². The van der Waals surface area contributed by atoms with Crippen molar-refractivity contribution in [3.63, 3.8) is 0 Å². The fourth-order valence-corrected chi connectivity index (χ4v) is 2.50. The predicted octanol–water partition coefficient (Wildman–Crippen LogP) is 3.70. The van der Waals surface area contributed by atoms with Crippen LogP contribution in [0.15, 0.2) is 24.3 Å². The van der Waals surface area contributed by atoms with Gasteiger partial charge in [0.25, 0.3) is 0 Å². The Hall–Kier alpha value is -1.84. The van der Waals surface area contributed by atoms with Gasteiger partial charge in [-0.1, -0.05) is 44.5 Å². The van der Waals surface area contributed by atoms with Crippen LogP contribution >= 0.6 is 0 Å². The van der Waals surface area contributed by atoms with Crippen LogP contribution in [0.25, 0.3) is 0 Å². The second kappa shape index (κ2) is 8.45. The molecule has 21 heavy (non-hydrogen) atoms. The highest BCUT2D eigenvalue weighted by Crippen LogP contribution is 2.26. The van der Waals surface area contributed by atoms with Crippen LogP contribution in [0, 0.1) is 5.92 Å². The van der Waals surface area contributed by atoms with Gasteiger partial charge in [0.05, 0.1) is 5.92 Å². The zero-order chi connectivity index (χ0) is 15.8. The van der Waals surface area contributed by atoms with E-state index in [1.165, 1.54) is 5.56 Å². The standard InChI is InChI=1S/C17H24O4/c1-3-4-13-5-7-14(8-6-13)12(2)11-15(17(20)21)9-10-16(18)19/h5-8,12,15H,3-4,9-11H2,1-2H3,(H,18,19)(H,20,21). The molecule has 116 valence electrons. The highest BCUT2D eigenvalue weighted by Gasteiger charge is 2.22. The smallest absolute Gasteiger partial charge is 0.306 e. The zero-order valence-corrected chi connectivity index (χ0v) is 12.7. The zero-order valence-electron chi connectivity index (χ0n) is 12.7. The Labute approximate surface area is 125 Å². The summed E-state index contributed by atoms with van der Waals surface area (Å²) in [4.78, 5) is 21.8. The molecule has 1 aromatic rings. The minimum atomic E-state index is -0.946. The van der Waals surface area contributed by atoms with Crippen molar-refractivity contribution >= 4 is 11.9 Å². The molecule has 2 N–H and O–H groups in total. The Bertz CT molecular complexity index is 464. The molecule has 0 aromatic heterocycles. The number of carboxylic acid groups (broad SMARTS) is 2. The highest BCUT2D eigenvalue weighted by atomic mass is 16.4. The molecule has 0 fully saturated rings. The second-order valence-electron chi connectivity index (χ2n) is 5.60. The number of hydrogen-bond donors (Lipinski definition) is 2. The topological polar surface area (TPSA) is 74.6 Å². The quantitative estimate of drug-likeness (QED) is 0.727. The Morgan fingerprint density at radius 1 is 1.14 bits per heavy atom. The molecule has 0 aliphatic carbocycles. The first-order valence-electron chi connectivity index (χ1n) is 7.47. The lowest BCUT2D eigenvalue weighted by Gasteiger charge is -2.17. The molecule has 4 nitrogen and oxygen atoms in total. The lowest BCUT2D eigenvalue weighted by atomic mass is 9.87. The van der Waals surface area contributed by atoms with E-state index in [2.05, 4.69) is 19.1 Å². The van der Waals surface area contributed by atoms with E-state index in [9.17, 15) is 14.7 Å². The molecule has 0 heterocycles. The monoisotopic (exact) mass is 292 g/mol. The minimum Gasteiger partial charge on any atom is -0.481 e. The number of carboxylic acids is 2. The molecule has 0 aliphatic rings. The van der Waals surface area contributed by atoms with Crippen LogP contribution in [-0.2, 0) is 16.0 Å². The van der Waals surface area contributed by atoms with Crippen LogP contribution in [0.5, 0.6) is 0 Å². The van der Waals surface area contributed by atoms with Gasteiger partial charge >= 0.3 is 11.9 Å². The molecule has 2 unspecified atom stereocenters. The number of benzene rings is 1. The van der Waals surface area contributed by atoms with Crippen molar-refractivity contribution in [1.29, 1.82) is 0 Å². The summed E-state index contributed by atoms with van der Waals surface area (Å²) in [6.07, 6.45) is 2.70. The molecule has 0 amide bonds. The highest BCUT2D eigenvalue weighted by molar-refractivity contribution is 5.72. The van der Waals surface area contributed by atoms with Gasteiger partial charge in [-0.2, -0.15) is 0 Å². The van der Waals surface area contributed by atoms with Crippen LogP contribution < -0.4 is 0 Å². The van der Waals surface area contributed by atoms with E-state index in [-0.39, 0.29) is 18.8 Å². The van der Waals surface area contributed by atoms with Gasteiger partial charge in [0.1, 0.15) is 0 Å². The number of carbonyl (C=O) groups is 2. The lowest BCUT2D eigenvalue weighted by molar-refractivity contribution is -0.143. The molecule has 4 heteroatoms. The summed E-state index contributed by atoms with van der Waals surface area (Å²) in [7, 11) is 0. The fraction of sp³-hybridized carbons (Fsp3) is 0.529. The third-order valence-corrected chi connectivity index (χ3v) is 3.78. The average molecular weight is 292 g/mol. The summed E-state index contributed by atoms with van der Waals surface area (Å²) < 4.78 is 0. The first-order chi connectivity index (χ1) is 9.93. The maximum absolute atomic E-state index is 11.2. The van der Waals surface area contributed by atoms with Gasteiger partial charge in [-0.3, -0.25) is 9.59 Å². The minimum absolute atomic E-state index is 0.0981. The van der Waals surface area contributed by atoms with Crippen molar-refractivity contribution in [2.75, 3.05) is 0 Å². The van der Waals surface area contributed by atoms with Crippen molar-refractivity contribution in [2.45, 2.75) is 51.9 Å². The molecule has 0 saturated heterocycles. The maximum atomic E-state index is 11.2. The van der Waals surface area contributed by atoms with Crippen LogP contribution in [-0.4, -0.2) is 22.2 Å². The Morgan fingerprint density at radius 2 is 1.76 bits per heavy atom. The van der Waals surface area contributed by atoms with E-state index in [4.69, 9.17) is 5.11 Å². The molecule has 2 atom stereocenters. The van der Waals surface area contributed by atoms with Gasteiger partial charge < -0.3 is 10.2 Å². The summed E-state index contributed by atoms with van der Waals surface area (Å²) in [5.74, 6) is -2.36. The van der Waals surface area contributed by atoms with E-state index in [0.29, 0.717) is 6.42 Å². The predicted molar refractivity (Wildman–Crippen MR) is 81.5 cm³/mol. The second-order valence-corrected chi connectivity index (χ2v) is 5.60. The van der Waals surface area contributed by atoms with Gasteiger partial charge in [-0.25, -0.2) is 0 Å². The molecule has 0 spiro atoms. The third-order valence-electron chi connectivity index (χ3n) is 3.78. The van der Waals surface area contributed by atoms with Gasteiger partial charge in [0.2, 0.25) is 0 Å². The molecule has 0 saturated carbocycles. The number of aliphatic carboxylic acids is 2. The molecule has 0 aliphatic heterocycles. The molecule has 0 bridgehead atoms. The average Bonchev–Trinajstić information content (AvgIpc) is 2.43. The number of aryl methyl sites for hydroxylation is 1. The van der Waals surface area contributed by atoms with E-state index in [0.717, 1.165) is 18.4 Å². The first-order valence-corrected chi connectivity index (χ1v) is 7.47. The molecule has 1 rings (SSSR count). The number of hydrogen-bond acceptors (Lipinski definition) is 2. The molecular formula is C17H24O4. The number of rotatable bonds is 9.